The molecule has 3 nitrogen and oxygen atoms in total. The average Bonchev–Trinajstić information content (AvgIpc) is 2.60. The van der Waals surface area contributed by atoms with Crippen molar-refractivity contribution in [2.24, 2.45) is 0 Å². The second-order valence-corrected chi connectivity index (χ2v) is 5.46. The van der Waals surface area contributed by atoms with Gasteiger partial charge in [-0.05, 0) is 43.0 Å². The lowest BCUT2D eigenvalue weighted by Crippen LogP contribution is -2.05. The summed E-state index contributed by atoms with van der Waals surface area (Å²) >= 11 is 0. The number of rotatable bonds is 5. The fraction of sp³-hybridized carbons (Fsp3) is 0.200. The number of fused-ring (bicyclic) bond motifs is 1. The van der Waals surface area contributed by atoms with Crippen LogP contribution in [0.4, 0.5) is 0 Å². The van der Waals surface area contributed by atoms with Gasteiger partial charge in [0.1, 0.15) is 0 Å². The first-order valence-electron chi connectivity index (χ1n) is 7.86. The Morgan fingerprint density at radius 3 is 2.57 bits per heavy atom. The second-order valence-electron chi connectivity index (χ2n) is 5.46. The SMILES string of the molecule is CCOC(=O)c1cnc2cc(CCc3ccccc3)ccc2c1. The summed E-state index contributed by atoms with van der Waals surface area (Å²) in [5.74, 6) is -0.324. The molecule has 0 bridgehead atoms. The molecule has 0 unspecified atom stereocenters. The Kier molecular flexibility index (Phi) is 4.67. The van der Waals surface area contributed by atoms with Crippen molar-refractivity contribution in [3.8, 4) is 0 Å². The van der Waals surface area contributed by atoms with Gasteiger partial charge >= 0.3 is 5.97 Å². The second kappa shape index (κ2) is 7.05. The zero-order valence-corrected chi connectivity index (χ0v) is 13.2. The molecule has 3 heteroatoms. The van der Waals surface area contributed by atoms with E-state index in [2.05, 4.69) is 41.4 Å². The van der Waals surface area contributed by atoms with Gasteiger partial charge in [-0.1, -0.05) is 42.5 Å². The predicted octanol–water partition coefficient (Wildman–Crippen LogP) is 4.20. The highest BCUT2D eigenvalue weighted by Gasteiger charge is 2.08. The predicted molar refractivity (Wildman–Crippen MR) is 91.5 cm³/mol. The first-order chi connectivity index (χ1) is 11.3. The molecule has 1 aromatic heterocycles. The molecule has 3 rings (SSSR count). The highest BCUT2D eigenvalue weighted by atomic mass is 16.5. The number of hydrogen-bond donors (Lipinski definition) is 0. The summed E-state index contributed by atoms with van der Waals surface area (Å²) in [6.07, 6.45) is 3.57. The number of aryl methyl sites for hydroxylation is 2. The Morgan fingerprint density at radius 2 is 1.78 bits per heavy atom. The van der Waals surface area contributed by atoms with Crippen LogP contribution in [0.15, 0.2) is 60.8 Å². The van der Waals surface area contributed by atoms with E-state index in [0.717, 1.165) is 23.7 Å². The standard InChI is InChI=1S/C20H19NO2/c1-2-23-20(22)18-13-17-11-10-16(12-19(17)21-14-18)9-8-15-6-4-3-5-7-15/h3-7,10-14H,2,8-9H2,1H3. The summed E-state index contributed by atoms with van der Waals surface area (Å²) < 4.78 is 5.01. The number of esters is 1. The molecule has 1 heterocycles. The largest absolute Gasteiger partial charge is 0.462 e. The Morgan fingerprint density at radius 1 is 1.00 bits per heavy atom. The number of carbonyl (C=O) groups excluding carboxylic acids is 1. The van der Waals surface area contributed by atoms with Gasteiger partial charge < -0.3 is 4.74 Å². The number of benzene rings is 2. The maximum absolute atomic E-state index is 11.8. The van der Waals surface area contributed by atoms with Crippen molar-refractivity contribution in [1.82, 2.24) is 4.98 Å². The van der Waals surface area contributed by atoms with Gasteiger partial charge in [-0.2, -0.15) is 0 Å². The van der Waals surface area contributed by atoms with Crippen LogP contribution >= 0.6 is 0 Å². The number of nitrogens with zero attached hydrogens (tertiary/aromatic N) is 1. The van der Waals surface area contributed by atoms with Crippen molar-refractivity contribution in [3.63, 3.8) is 0 Å². The number of aromatic nitrogens is 1. The Balaban J connectivity index is 1.77. The lowest BCUT2D eigenvalue weighted by atomic mass is 10.0. The first-order valence-corrected chi connectivity index (χ1v) is 7.86. The van der Waals surface area contributed by atoms with E-state index < -0.39 is 0 Å². The van der Waals surface area contributed by atoms with Crippen molar-refractivity contribution in [2.45, 2.75) is 19.8 Å². The molecule has 0 fully saturated rings. The lowest BCUT2D eigenvalue weighted by molar-refractivity contribution is 0.0526. The van der Waals surface area contributed by atoms with Crippen molar-refractivity contribution >= 4 is 16.9 Å². The van der Waals surface area contributed by atoms with Crippen LogP contribution in [0.2, 0.25) is 0 Å². The summed E-state index contributed by atoms with van der Waals surface area (Å²) in [4.78, 5) is 16.2. The molecule has 116 valence electrons. The molecular weight excluding hydrogens is 286 g/mol. The van der Waals surface area contributed by atoms with Crippen LogP contribution in [0.5, 0.6) is 0 Å². The van der Waals surface area contributed by atoms with Gasteiger partial charge in [0.25, 0.3) is 0 Å². The van der Waals surface area contributed by atoms with E-state index in [0.29, 0.717) is 12.2 Å². The first kappa shape index (κ1) is 15.2. The van der Waals surface area contributed by atoms with Gasteiger partial charge in [0.05, 0.1) is 17.7 Å². The molecular formula is C20H19NO2. The van der Waals surface area contributed by atoms with E-state index >= 15 is 0 Å². The third-order valence-corrected chi connectivity index (χ3v) is 3.80. The lowest BCUT2D eigenvalue weighted by Gasteiger charge is -2.06. The van der Waals surface area contributed by atoms with E-state index in [1.54, 1.807) is 13.1 Å². The highest BCUT2D eigenvalue weighted by Crippen LogP contribution is 2.17. The summed E-state index contributed by atoms with van der Waals surface area (Å²) in [6.45, 7) is 2.17. The molecule has 0 atom stereocenters. The number of hydrogen-bond acceptors (Lipinski definition) is 3. The normalized spacial score (nSPS) is 10.7. The Bertz CT molecular complexity index is 812. The summed E-state index contributed by atoms with van der Waals surface area (Å²) in [5, 5.41) is 0.957. The molecule has 0 amide bonds. The molecule has 2 aromatic carbocycles. The van der Waals surface area contributed by atoms with Crippen molar-refractivity contribution in [2.75, 3.05) is 6.61 Å². The molecule has 0 aliphatic heterocycles. The molecule has 0 N–H and O–H groups in total. The number of carbonyl (C=O) groups is 1. The van der Waals surface area contributed by atoms with Crippen LogP contribution in [0, 0.1) is 0 Å². The van der Waals surface area contributed by atoms with E-state index in [9.17, 15) is 4.79 Å². The zero-order chi connectivity index (χ0) is 16.1. The Hall–Kier alpha value is -2.68. The van der Waals surface area contributed by atoms with Crippen LogP contribution < -0.4 is 0 Å². The quantitative estimate of drug-likeness (QED) is 0.663. The van der Waals surface area contributed by atoms with Gasteiger partial charge in [0.15, 0.2) is 0 Å². The van der Waals surface area contributed by atoms with Gasteiger partial charge in [-0.25, -0.2) is 4.79 Å². The smallest absolute Gasteiger partial charge is 0.339 e. The molecule has 0 saturated heterocycles. The van der Waals surface area contributed by atoms with Crippen molar-refractivity contribution in [3.05, 3.63) is 77.5 Å². The van der Waals surface area contributed by atoms with Gasteiger partial charge in [0, 0.05) is 11.6 Å². The maximum Gasteiger partial charge on any atom is 0.339 e. The minimum atomic E-state index is -0.324. The fourth-order valence-electron chi connectivity index (χ4n) is 2.58. The zero-order valence-electron chi connectivity index (χ0n) is 13.2. The van der Waals surface area contributed by atoms with Crippen molar-refractivity contribution in [1.29, 1.82) is 0 Å². The highest BCUT2D eigenvalue weighted by molar-refractivity contribution is 5.93. The summed E-state index contributed by atoms with van der Waals surface area (Å²) in [7, 11) is 0. The van der Waals surface area contributed by atoms with Crippen LogP contribution in [-0.2, 0) is 17.6 Å². The number of pyridine rings is 1. The monoisotopic (exact) mass is 305 g/mol. The maximum atomic E-state index is 11.8. The molecule has 0 aliphatic carbocycles. The summed E-state index contributed by atoms with van der Waals surface area (Å²) in [5.41, 5.74) is 3.98. The number of ether oxygens (including phenoxy) is 1. The van der Waals surface area contributed by atoms with Crippen LogP contribution in [-0.4, -0.2) is 17.6 Å². The van der Waals surface area contributed by atoms with E-state index in [4.69, 9.17) is 4.74 Å². The average molecular weight is 305 g/mol. The van der Waals surface area contributed by atoms with Crippen LogP contribution in [0.1, 0.15) is 28.4 Å². The van der Waals surface area contributed by atoms with Gasteiger partial charge in [-0.3, -0.25) is 4.98 Å². The van der Waals surface area contributed by atoms with Crippen LogP contribution in [0.3, 0.4) is 0 Å². The molecule has 0 radical (unpaired) electrons. The minimum absolute atomic E-state index is 0.324. The Labute approximate surface area is 135 Å². The van der Waals surface area contributed by atoms with E-state index in [1.165, 1.54) is 11.1 Å². The van der Waals surface area contributed by atoms with E-state index in [1.807, 2.05) is 18.2 Å². The molecule has 0 aliphatic rings. The third-order valence-electron chi connectivity index (χ3n) is 3.80. The van der Waals surface area contributed by atoms with Gasteiger partial charge in [0.2, 0.25) is 0 Å². The topological polar surface area (TPSA) is 39.2 Å². The minimum Gasteiger partial charge on any atom is -0.462 e. The van der Waals surface area contributed by atoms with E-state index in [-0.39, 0.29) is 5.97 Å². The fourth-order valence-corrected chi connectivity index (χ4v) is 2.58. The molecule has 23 heavy (non-hydrogen) atoms. The molecule has 0 saturated carbocycles. The third kappa shape index (κ3) is 3.75. The van der Waals surface area contributed by atoms with Crippen LogP contribution in [0.25, 0.3) is 10.9 Å². The van der Waals surface area contributed by atoms with Gasteiger partial charge in [-0.15, -0.1) is 0 Å². The summed E-state index contributed by atoms with van der Waals surface area (Å²) in [6, 6.07) is 18.5. The molecule has 3 aromatic rings. The van der Waals surface area contributed by atoms with Crippen molar-refractivity contribution < 1.29 is 9.53 Å². The molecule has 0 spiro atoms.